The van der Waals surface area contributed by atoms with Gasteiger partial charge in [-0.3, -0.25) is 18.6 Å². The lowest BCUT2D eigenvalue weighted by atomic mass is 10.0. The van der Waals surface area contributed by atoms with E-state index in [9.17, 15) is 19.0 Å². The lowest BCUT2D eigenvalue weighted by Crippen LogP contribution is -2.37. The average molecular weight is 1380 g/mol. The van der Waals surface area contributed by atoms with Crippen molar-refractivity contribution in [1.82, 2.24) is 0 Å². The fourth-order valence-corrected chi connectivity index (χ4v) is 13.1. The summed E-state index contributed by atoms with van der Waals surface area (Å²) in [6, 6.07) is 0. The molecule has 0 bridgehead atoms. The molecule has 0 aromatic heterocycles. The number of quaternary nitrogens is 1. The first kappa shape index (κ1) is 94.2. The van der Waals surface area contributed by atoms with E-state index in [2.05, 4.69) is 98.9 Å². The molecular formula is C87H161NO8P+. The highest BCUT2D eigenvalue weighted by Crippen LogP contribution is 2.43. The van der Waals surface area contributed by atoms with Gasteiger partial charge in [0.15, 0.2) is 6.10 Å². The molecule has 0 fully saturated rings. The smallest absolute Gasteiger partial charge is 0.462 e. The summed E-state index contributed by atoms with van der Waals surface area (Å²) in [6.45, 7) is 4.38. The molecule has 2 atom stereocenters. The first-order valence-electron chi connectivity index (χ1n) is 41.8. The van der Waals surface area contributed by atoms with Crippen LogP contribution in [0.25, 0.3) is 0 Å². The number of phosphoric acid groups is 1. The summed E-state index contributed by atoms with van der Waals surface area (Å²) in [5.41, 5.74) is 0. The van der Waals surface area contributed by atoms with Gasteiger partial charge in [0.05, 0.1) is 27.7 Å². The Morgan fingerprint density at radius 1 is 0.330 bits per heavy atom. The molecule has 2 unspecified atom stereocenters. The molecule has 0 amide bonds. The van der Waals surface area contributed by atoms with Crippen LogP contribution < -0.4 is 0 Å². The van der Waals surface area contributed by atoms with Gasteiger partial charge in [-0.05, 0) is 70.6 Å². The maximum atomic E-state index is 12.9. The normalized spacial score (nSPS) is 13.4. The van der Waals surface area contributed by atoms with Crippen LogP contribution >= 0.6 is 7.82 Å². The van der Waals surface area contributed by atoms with Crippen molar-refractivity contribution < 1.29 is 42.1 Å². The lowest BCUT2D eigenvalue weighted by Gasteiger charge is -2.24. The SMILES string of the molecule is CC/C=C\C/C=C\C/C=C\C/C=C\C/C=C\C/C=C\C/C=C\CCCCCCCCCCCCCC(=O)OC(COC(=O)CCCCCCCCCCCCCCCCCCCCCCCCCCCCCCCCCCCCCCCCCC)COP(=O)(O)OCC[N+](C)(C)C. The molecular weight excluding hydrogens is 1220 g/mol. The Kier molecular flexibility index (Phi) is 75.1. The summed E-state index contributed by atoms with van der Waals surface area (Å²) in [5, 5.41) is 0. The molecule has 566 valence electrons. The number of phosphoric ester groups is 1. The van der Waals surface area contributed by atoms with Crippen molar-refractivity contribution in [3.05, 3.63) is 85.1 Å². The van der Waals surface area contributed by atoms with Crippen molar-refractivity contribution in [2.24, 2.45) is 0 Å². The maximum absolute atomic E-state index is 12.9. The first-order valence-corrected chi connectivity index (χ1v) is 43.3. The van der Waals surface area contributed by atoms with Crippen LogP contribution in [0.5, 0.6) is 0 Å². The molecule has 0 radical (unpaired) electrons. The van der Waals surface area contributed by atoms with Gasteiger partial charge in [-0.25, -0.2) is 4.57 Å². The number of likely N-dealkylation sites (N-methyl/N-ethyl adjacent to an activating group) is 1. The molecule has 0 aliphatic carbocycles. The van der Waals surface area contributed by atoms with Gasteiger partial charge in [0.1, 0.15) is 19.8 Å². The highest BCUT2D eigenvalue weighted by atomic mass is 31.2. The van der Waals surface area contributed by atoms with E-state index in [0.29, 0.717) is 23.9 Å². The molecule has 9 nitrogen and oxygen atoms in total. The number of allylic oxidation sites excluding steroid dienone is 14. The summed E-state index contributed by atoms with van der Waals surface area (Å²) in [4.78, 5) is 36.0. The van der Waals surface area contributed by atoms with Crippen LogP contribution in [0.4, 0.5) is 0 Å². The third kappa shape index (κ3) is 82.0. The molecule has 0 aromatic carbocycles. The molecule has 0 aliphatic rings. The number of unbranched alkanes of at least 4 members (excludes halogenated alkanes) is 50. The summed E-state index contributed by atoms with van der Waals surface area (Å²) in [6.07, 6.45) is 108. The largest absolute Gasteiger partial charge is 0.472 e. The van der Waals surface area contributed by atoms with Gasteiger partial charge < -0.3 is 18.9 Å². The van der Waals surface area contributed by atoms with E-state index in [0.717, 1.165) is 89.9 Å². The van der Waals surface area contributed by atoms with Crippen LogP contribution in [0.3, 0.4) is 0 Å². The minimum atomic E-state index is -4.40. The van der Waals surface area contributed by atoms with E-state index in [1.807, 2.05) is 21.1 Å². The fourth-order valence-electron chi connectivity index (χ4n) is 12.4. The van der Waals surface area contributed by atoms with Crippen molar-refractivity contribution in [2.75, 3.05) is 47.5 Å². The number of rotatable bonds is 78. The molecule has 0 rings (SSSR count). The van der Waals surface area contributed by atoms with Crippen LogP contribution in [0, 0.1) is 0 Å². The molecule has 97 heavy (non-hydrogen) atoms. The number of carbonyl (C=O) groups is 2. The molecule has 1 N–H and O–H groups in total. The van der Waals surface area contributed by atoms with E-state index in [1.165, 1.54) is 283 Å². The molecule has 0 saturated carbocycles. The molecule has 0 saturated heterocycles. The second-order valence-electron chi connectivity index (χ2n) is 29.5. The Bertz CT molecular complexity index is 1910. The van der Waals surface area contributed by atoms with Gasteiger partial charge in [0.2, 0.25) is 0 Å². The van der Waals surface area contributed by atoms with Crippen molar-refractivity contribution in [2.45, 2.75) is 412 Å². The molecule has 0 heterocycles. The topological polar surface area (TPSA) is 108 Å². The van der Waals surface area contributed by atoms with E-state index in [4.69, 9.17) is 18.5 Å². The van der Waals surface area contributed by atoms with Crippen molar-refractivity contribution in [3.63, 3.8) is 0 Å². The zero-order valence-corrected chi connectivity index (χ0v) is 65.7. The predicted molar refractivity (Wildman–Crippen MR) is 422 cm³/mol. The number of ether oxygens (including phenoxy) is 2. The first-order chi connectivity index (χ1) is 47.5. The summed E-state index contributed by atoms with van der Waals surface area (Å²) in [5.74, 6) is -0.786. The fraction of sp³-hybridized carbons (Fsp3) is 0.816. The molecule has 0 aromatic rings. The zero-order chi connectivity index (χ0) is 70.4. The van der Waals surface area contributed by atoms with Crippen LogP contribution in [0.1, 0.15) is 406 Å². The average Bonchev–Trinajstić information content (AvgIpc) is 1.58. The van der Waals surface area contributed by atoms with E-state index in [-0.39, 0.29) is 25.6 Å². The van der Waals surface area contributed by atoms with Crippen LogP contribution in [-0.4, -0.2) is 74.9 Å². The Balaban J connectivity index is 3.91. The minimum Gasteiger partial charge on any atom is -0.462 e. The predicted octanol–water partition coefficient (Wildman–Crippen LogP) is 28.0. The third-order valence-corrected chi connectivity index (χ3v) is 19.7. The highest BCUT2D eigenvalue weighted by molar-refractivity contribution is 7.47. The number of carbonyl (C=O) groups excluding carboxylic acids is 2. The Hall–Kier alpha value is -2.81. The zero-order valence-electron chi connectivity index (χ0n) is 64.8. The van der Waals surface area contributed by atoms with Gasteiger partial charge in [-0.2, -0.15) is 0 Å². The second-order valence-corrected chi connectivity index (χ2v) is 30.9. The quantitative estimate of drug-likeness (QED) is 0.0211. The number of esters is 2. The van der Waals surface area contributed by atoms with Crippen molar-refractivity contribution in [1.29, 1.82) is 0 Å². The molecule has 0 aliphatic heterocycles. The summed E-state index contributed by atoms with van der Waals surface area (Å²) >= 11 is 0. The van der Waals surface area contributed by atoms with Gasteiger partial charge in [-0.15, -0.1) is 0 Å². The summed E-state index contributed by atoms with van der Waals surface area (Å²) < 4.78 is 34.8. The minimum absolute atomic E-state index is 0.0300. The molecule has 10 heteroatoms. The number of hydrogen-bond acceptors (Lipinski definition) is 7. The Morgan fingerprint density at radius 3 is 0.876 bits per heavy atom. The van der Waals surface area contributed by atoms with Crippen LogP contribution in [0.15, 0.2) is 85.1 Å². The molecule has 0 spiro atoms. The van der Waals surface area contributed by atoms with E-state index >= 15 is 0 Å². The summed E-state index contributed by atoms with van der Waals surface area (Å²) in [7, 11) is 1.49. The van der Waals surface area contributed by atoms with E-state index in [1.54, 1.807) is 0 Å². The van der Waals surface area contributed by atoms with Gasteiger partial charge in [-0.1, -0.05) is 407 Å². The lowest BCUT2D eigenvalue weighted by molar-refractivity contribution is -0.870. The van der Waals surface area contributed by atoms with Crippen LogP contribution in [-0.2, 0) is 32.7 Å². The van der Waals surface area contributed by atoms with Crippen LogP contribution in [0.2, 0.25) is 0 Å². The van der Waals surface area contributed by atoms with E-state index < -0.39 is 26.5 Å². The Morgan fingerprint density at radius 2 is 0.588 bits per heavy atom. The third-order valence-electron chi connectivity index (χ3n) is 18.7. The Labute approximate surface area is 602 Å². The standard InChI is InChI=1S/C87H160NO8P/c1-6-8-10-12-14-16-18-20-22-24-26-28-30-32-34-36-38-40-41-42-43-44-45-46-48-49-51-53-55-57-59-61-63-65-67-69-71-73-75-77-79-86(89)93-83-85(84-95-97(91,92)94-82-81-88(3,4)5)96-87(90)80-78-76-74-72-70-68-66-64-62-60-58-56-54-52-50-47-39-37-35-33-31-29-27-25-23-21-19-17-15-13-11-9-7-2/h9,11,15,17,21,23,27,29,33,35,39,47,52,54,85H,6-8,10,12-14,16,18-20,22,24-26,28,30-32,34,36-38,40-46,48-51,53,55-84H2,1-5H3/p+1/b11-9-,17-15-,23-21-,29-27-,35-33-,47-39-,54-52-. The maximum Gasteiger partial charge on any atom is 0.472 e. The van der Waals surface area contributed by atoms with Gasteiger partial charge >= 0.3 is 19.8 Å². The second kappa shape index (κ2) is 77.4. The monoisotopic (exact) mass is 1380 g/mol. The number of nitrogens with zero attached hydrogens (tertiary/aromatic N) is 1. The highest BCUT2D eigenvalue weighted by Gasteiger charge is 2.27. The van der Waals surface area contributed by atoms with Crippen molar-refractivity contribution in [3.8, 4) is 0 Å². The van der Waals surface area contributed by atoms with Gasteiger partial charge in [0, 0.05) is 12.8 Å². The van der Waals surface area contributed by atoms with Crippen molar-refractivity contribution >= 4 is 19.8 Å². The number of hydrogen-bond donors (Lipinski definition) is 1. The van der Waals surface area contributed by atoms with Gasteiger partial charge in [0.25, 0.3) is 0 Å².